The molecule has 2 aliphatic heterocycles. The van der Waals surface area contributed by atoms with E-state index in [0.717, 1.165) is 30.4 Å². The van der Waals surface area contributed by atoms with E-state index in [-0.39, 0.29) is 0 Å². The third kappa shape index (κ3) is 2.35. The molecule has 108 valence electrons. The first kappa shape index (κ1) is 12.4. The van der Waals surface area contributed by atoms with Crippen molar-refractivity contribution in [2.45, 2.75) is 63.2 Å². The van der Waals surface area contributed by atoms with E-state index in [1.54, 1.807) is 0 Å². The zero-order valence-corrected chi connectivity index (χ0v) is 11.9. The van der Waals surface area contributed by atoms with Gasteiger partial charge in [-0.3, -0.25) is 0 Å². The lowest BCUT2D eigenvalue weighted by atomic mass is 9.95. The van der Waals surface area contributed by atoms with Crippen molar-refractivity contribution >= 4 is 11.6 Å². The molecule has 2 saturated heterocycles. The van der Waals surface area contributed by atoms with Gasteiger partial charge in [0.05, 0.1) is 18.2 Å². The fourth-order valence-electron chi connectivity index (χ4n) is 3.32. The number of ether oxygens (including phenoxy) is 1. The van der Waals surface area contributed by atoms with Crippen LogP contribution in [-0.2, 0) is 4.74 Å². The van der Waals surface area contributed by atoms with Crippen LogP contribution in [0.25, 0.3) is 0 Å². The molecule has 3 atom stereocenters. The molecular weight excluding hydrogens is 252 g/mol. The van der Waals surface area contributed by atoms with Crippen molar-refractivity contribution < 1.29 is 4.74 Å². The molecule has 1 aromatic rings. The summed E-state index contributed by atoms with van der Waals surface area (Å²) in [6.45, 7) is 2.98. The Morgan fingerprint density at radius 2 is 2.05 bits per heavy atom. The minimum absolute atomic E-state index is 0.377. The monoisotopic (exact) mass is 274 g/mol. The molecule has 3 heterocycles. The zero-order chi connectivity index (χ0) is 13.5. The Morgan fingerprint density at radius 1 is 1.20 bits per heavy atom. The molecule has 5 nitrogen and oxygen atoms in total. The molecule has 4 rings (SSSR count). The largest absolute Gasteiger partial charge is 0.373 e. The van der Waals surface area contributed by atoms with Crippen LogP contribution in [-0.4, -0.2) is 34.8 Å². The number of rotatable bonds is 5. The number of nitrogens with zero attached hydrogens (tertiary/aromatic N) is 2. The molecule has 5 heteroatoms. The summed E-state index contributed by atoms with van der Waals surface area (Å²) in [4.78, 5) is 9.32. The Labute approximate surface area is 119 Å². The van der Waals surface area contributed by atoms with Gasteiger partial charge in [0, 0.05) is 18.5 Å². The molecule has 2 bridgehead atoms. The standard InChI is InChI=1S/C15H22N4O/c1-2-16-13-8-14(19-15(18-13)9-3-4-9)17-11-7-10-5-6-12(11)20-10/h8-12H,2-7H2,1H3,(H2,16,17,18,19). The molecule has 0 aromatic carbocycles. The molecule has 3 aliphatic rings. The summed E-state index contributed by atoms with van der Waals surface area (Å²) < 4.78 is 5.90. The van der Waals surface area contributed by atoms with Gasteiger partial charge in [0.2, 0.25) is 0 Å². The van der Waals surface area contributed by atoms with E-state index in [2.05, 4.69) is 22.5 Å². The summed E-state index contributed by atoms with van der Waals surface area (Å²) in [6.07, 6.45) is 6.83. The first-order chi connectivity index (χ1) is 9.81. The van der Waals surface area contributed by atoms with Crippen LogP contribution in [0.15, 0.2) is 6.07 Å². The van der Waals surface area contributed by atoms with Crippen LogP contribution in [0, 0.1) is 0 Å². The molecule has 20 heavy (non-hydrogen) atoms. The minimum atomic E-state index is 0.377. The van der Waals surface area contributed by atoms with E-state index in [1.165, 1.54) is 25.7 Å². The van der Waals surface area contributed by atoms with E-state index in [1.807, 2.05) is 6.07 Å². The molecular formula is C15H22N4O. The van der Waals surface area contributed by atoms with E-state index in [4.69, 9.17) is 9.72 Å². The van der Waals surface area contributed by atoms with Gasteiger partial charge in [-0.2, -0.15) is 0 Å². The van der Waals surface area contributed by atoms with Crippen molar-refractivity contribution in [3.8, 4) is 0 Å². The number of nitrogens with one attached hydrogen (secondary N) is 2. The number of hydrogen-bond acceptors (Lipinski definition) is 5. The molecule has 2 N–H and O–H groups in total. The summed E-state index contributed by atoms with van der Waals surface area (Å²) in [7, 11) is 0. The van der Waals surface area contributed by atoms with Crippen LogP contribution in [0.5, 0.6) is 0 Å². The molecule has 0 radical (unpaired) electrons. The third-order valence-corrected chi connectivity index (χ3v) is 4.48. The van der Waals surface area contributed by atoms with E-state index < -0.39 is 0 Å². The van der Waals surface area contributed by atoms with E-state index in [0.29, 0.717) is 24.2 Å². The van der Waals surface area contributed by atoms with Gasteiger partial charge < -0.3 is 15.4 Å². The second kappa shape index (κ2) is 4.88. The van der Waals surface area contributed by atoms with Crippen LogP contribution in [0.2, 0.25) is 0 Å². The fraction of sp³-hybridized carbons (Fsp3) is 0.733. The molecule has 3 unspecified atom stereocenters. The van der Waals surface area contributed by atoms with Crippen LogP contribution in [0.3, 0.4) is 0 Å². The highest BCUT2D eigenvalue weighted by Gasteiger charge is 2.41. The fourth-order valence-corrected chi connectivity index (χ4v) is 3.32. The molecule has 1 aliphatic carbocycles. The second-order valence-electron chi connectivity index (χ2n) is 6.16. The summed E-state index contributed by atoms with van der Waals surface area (Å²) >= 11 is 0. The Bertz CT molecular complexity index is 503. The van der Waals surface area contributed by atoms with Gasteiger partial charge in [-0.1, -0.05) is 0 Å². The average Bonchev–Trinajstić information content (AvgIpc) is 3.10. The van der Waals surface area contributed by atoms with Gasteiger partial charge in [-0.15, -0.1) is 0 Å². The summed E-state index contributed by atoms with van der Waals surface area (Å²) in [6, 6.07) is 2.45. The molecule has 0 amide bonds. The van der Waals surface area contributed by atoms with E-state index >= 15 is 0 Å². The third-order valence-electron chi connectivity index (χ3n) is 4.48. The van der Waals surface area contributed by atoms with Gasteiger partial charge in [-0.05, 0) is 39.0 Å². The second-order valence-corrected chi connectivity index (χ2v) is 6.16. The summed E-state index contributed by atoms with van der Waals surface area (Å²) in [5.74, 6) is 3.47. The lowest BCUT2D eigenvalue weighted by Gasteiger charge is -2.21. The van der Waals surface area contributed by atoms with Gasteiger partial charge in [0.25, 0.3) is 0 Å². The maximum atomic E-state index is 5.90. The maximum absolute atomic E-state index is 5.90. The molecule has 3 fully saturated rings. The van der Waals surface area contributed by atoms with Crippen molar-refractivity contribution in [3.63, 3.8) is 0 Å². The SMILES string of the molecule is CCNc1cc(NC2CC3CCC2O3)nc(C2CC2)n1. The zero-order valence-electron chi connectivity index (χ0n) is 11.9. The van der Waals surface area contributed by atoms with Crippen molar-refractivity contribution in [3.05, 3.63) is 11.9 Å². The van der Waals surface area contributed by atoms with E-state index in [9.17, 15) is 0 Å². The van der Waals surface area contributed by atoms with Crippen molar-refractivity contribution in [1.29, 1.82) is 0 Å². The van der Waals surface area contributed by atoms with Crippen LogP contribution in [0.1, 0.15) is 50.8 Å². The number of fused-ring (bicyclic) bond motifs is 2. The highest BCUT2D eigenvalue weighted by atomic mass is 16.5. The Balaban J connectivity index is 1.53. The number of hydrogen-bond donors (Lipinski definition) is 2. The Kier molecular flexibility index (Phi) is 3.02. The van der Waals surface area contributed by atoms with Gasteiger partial charge in [-0.25, -0.2) is 9.97 Å². The first-order valence-corrected chi connectivity index (χ1v) is 7.86. The van der Waals surface area contributed by atoms with Crippen LogP contribution in [0.4, 0.5) is 11.6 Å². The summed E-state index contributed by atoms with van der Waals surface area (Å²) in [5.41, 5.74) is 0. The highest BCUT2D eigenvalue weighted by molar-refractivity contribution is 5.49. The number of aromatic nitrogens is 2. The topological polar surface area (TPSA) is 59.1 Å². The van der Waals surface area contributed by atoms with Crippen molar-refractivity contribution in [1.82, 2.24) is 9.97 Å². The molecule has 1 aromatic heterocycles. The summed E-state index contributed by atoms with van der Waals surface area (Å²) in [5, 5.41) is 6.89. The predicted molar refractivity (Wildman–Crippen MR) is 78.1 cm³/mol. The maximum Gasteiger partial charge on any atom is 0.136 e. The van der Waals surface area contributed by atoms with Crippen molar-refractivity contribution in [2.24, 2.45) is 0 Å². The number of anilines is 2. The van der Waals surface area contributed by atoms with Gasteiger partial charge in [0.1, 0.15) is 17.5 Å². The Morgan fingerprint density at radius 3 is 2.70 bits per heavy atom. The van der Waals surface area contributed by atoms with Crippen molar-refractivity contribution in [2.75, 3.05) is 17.2 Å². The smallest absolute Gasteiger partial charge is 0.136 e. The van der Waals surface area contributed by atoms with Crippen LogP contribution < -0.4 is 10.6 Å². The average molecular weight is 274 g/mol. The normalized spacial score (nSPS) is 31.6. The lowest BCUT2D eigenvalue weighted by Crippen LogP contribution is -2.31. The molecule has 1 saturated carbocycles. The molecule has 0 spiro atoms. The lowest BCUT2D eigenvalue weighted by molar-refractivity contribution is 0.102. The highest BCUT2D eigenvalue weighted by Crippen LogP contribution is 2.39. The van der Waals surface area contributed by atoms with Gasteiger partial charge >= 0.3 is 0 Å². The quantitative estimate of drug-likeness (QED) is 0.864. The predicted octanol–water partition coefficient (Wildman–Crippen LogP) is 2.52. The first-order valence-electron chi connectivity index (χ1n) is 7.86. The Hall–Kier alpha value is -1.36. The van der Waals surface area contributed by atoms with Gasteiger partial charge in [0.15, 0.2) is 0 Å². The van der Waals surface area contributed by atoms with Crippen LogP contribution >= 0.6 is 0 Å². The minimum Gasteiger partial charge on any atom is -0.373 e.